The number of nitrogens with two attached hydrogens (primary N) is 1. The fourth-order valence-electron chi connectivity index (χ4n) is 1.46. The van der Waals surface area contributed by atoms with Gasteiger partial charge in [-0.2, -0.15) is 0 Å². The fourth-order valence-corrected chi connectivity index (χ4v) is 1.46. The molecular weight excluding hydrogens is 150 g/mol. The Balaban J connectivity index is 3.49. The van der Waals surface area contributed by atoms with Crippen LogP contribution in [0.1, 0.15) is 46.5 Å². The lowest BCUT2D eigenvalue weighted by atomic mass is 9.88. The minimum atomic E-state index is -0.624. The van der Waals surface area contributed by atoms with E-state index in [1.165, 1.54) is 12.8 Å². The molecule has 0 radical (unpaired) electrons. The van der Waals surface area contributed by atoms with Crippen molar-refractivity contribution in [1.29, 1.82) is 0 Å². The molecule has 0 rings (SSSR count). The highest BCUT2D eigenvalue weighted by Gasteiger charge is 2.11. The van der Waals surface area contributed by atoms with Gasteiger partial charge in [-0.1, -0.05) is 33.6 Å². The Morgan fingerprint density at radius 2 is 1.58 bits per heavy atom. The molecular formula is C10H23NO. The fraction of sp³-hybridized carbons (Fsp3) is 1.00. The normalized spacial score (nSPS) is 18.8. The van der Waals surface area contributed by atoms with Crippen LogP contribution in [-0.2, 0) is 0 Å². The molecule has 12 heavy (non-hydrogen) atoms. The van der Waals surface area contributed by atoms with Crippen molar-refractivity contribution in [3.05, 3.63) is 0 Å². The molecule has 0 amide bonds. The van der Waals surface area contributed by atoms with Crippen LogP contribution in [-0.4, -0.2) is 11.3 Å². The zero-order valence-corrected chi connectivity index (χ0v) is 8.59. The SMILES string of the molecule is CCCC(C)C(C)CCC(N)O. The van der Waals surface area contributed by atoms with Crippen LogP contribution >= 0.6 is 0 Å². The predicted molar refractivity (Wildman–Crippen MR) is 52.7 cm³/mol. The number of hydrogen-bond acceptors (Lipinski definition) is 2. The van der Waals surface area contributed by atoms with Crippen molar-refractivity contribution in [2.75, 3.05) is 0 Å². The van der Waals surface area contributed by atoms with Crippen LogP contribution in [0.25, 0.3) is 0 Å². The van der Waals surface area contributed by atoms with Crippen LogP contribution in [0.4, 0.5) is 0 Å². The smallest absolute Gasteiger partial charge is 0.102 e. The third kappa shape index (κ3) is 5.56. The lowest BCUT2D eigenvalue weighted by molar-refractivity contribution is 0.156. The van der Waals surface area contributed by atoms with Crippen molar-refractivity contribution < 1.29 is 5.11 Å². The second kappa shape index (κ2) is 6.44. The Labute approximate surface area is 76.2 Å². The molecule has 74 valence electrons. The predicted octanol–water partition coefficient (Wildman–Crippen LogP) is 2.12. The molecule has 0 saturated heterocycles. The van der Waals surface area contributed by atoms with E-state index in [1.807, 2.05) is 0 Å². The highest BCUT2D eigenvalue weighted by atomic mass is 16.3. The van der Waals surface area contributed by atoms with Crippen molar-refractivity contribution in [1.82, 2.24) is 0 Å². The topological polar surface area (TPSA) is 46.2 Å². The lowest BCUT2D eigenvalue weighted by Crippen LogP contribution is -2.20. The summed E-state index contributed by atoms with van der Waals surface area (Å²) in [5.41, 5.74) is 5.27. The van der Waals surface area contributed by atoms with Gasteiger partial charge in [0.25, 0.3) is 0 Å². The van der Waals surface area contributed by atoms with Gasteiger partial charge in [0, 0.05) is 0 Å². The summed E-state index contributed by atoms with van der Waals surface area (Å²) in [6.45, 7) is 6.72. The second-order valence-corrected chi connectivity index (χ2v) is 3.89. The maximum Gasteiger partial charge on any atom is 0.102 e. The minimum absolute atomic E-state index is 0.624. The molecule has 0 bridgehead atoms. The highest BCUT2D eigenvalue weighted by molar-refractivity contribution is 4.62. The van der Waals surface area contributed by atoms with E-state index in [0.29, 0.717) is 5.92 Å². The van der Waals surface area contributed by atoms with Crippen molar-refractivity contribution in [2.45, 2.75) is 52.7 Å². The Morgan fingerprint density at radius 3 is 2.00 bits per heavy atom. The molecule has 2 heteroatoms. The monoisotopic (exact) mass is 173 g/mol. The van der Waals surface area contributed by atoms with E-state index < -0.39 is 6.23 Å². The molecule has 0 heterocycles. The number of aliphatic hydroxyl groups is 1. The largest absolute Gasteiger partial charge is 0.379 e. The van der Waals surface area contributed by atoms with E-state index in [-0.39, 0.29) is 0 Å². The van der Waals surface area contributed by atoms with E-state index in [9.17, 15) is 0 Å². The lowest BCUT2D eigenvalue weighted by Gasteiger charge is -2.19. The van der Waals surface area contributed by atoms with Crippen LogP contribution in [0.3, 0.4) is 0 Å². The van der Waals surface area contributed by atoms with Crippen LogP contribution in [0, 0.1) is 11.8 Å². The van der Waals surface area contributed by atoms with Gasteiger partial charge in [0.15, 0.2) is 0 Å². The summed E-state index contributed by atoms with van der Waals surface area (Å²) in [4.78, 5) is 0. The summed E-state index contributed by atoms with van der Waals surface area (Å²) in [6, 6.07) is 0. The van der Waals surface area contributed by atoms with Gasteiger partial charge in [0.05, 0.1) is 0 Å². The Morgan fingerprint density at radius 1 is 1.08 bits per heavy atom. The molecule has 0 aromatic carbocycles. The Hall–Kier alpha value is -0.0800. The standard InChI is InChI=1S/C10H23NO/c1-4-5-8(2)9(3)6-7-10(11)12/h8-10,12H,4-7,11H2,1-3H3. The molecule has 0 aromatic rings. The quantitative estimate of drug-likeness (QED) is 0.604. The summed E-state index contributed by atoms with van der Waals surface area (Å²) in [7, 11) is 0. The molecule has 0 aliphatic rings. The Bertz CT molecular complexity index is 104. The van der Waals surface area contributed by atoms with Crippen LogP contribution in [0.5, 0.6) is 0 Å². The van der Waals surface area contributed by atoms with Gasteiger partial charge < -0.3 is 10.8 Å². The van der Waals surface area contributed by atoms with E-state index in [0.717, 1.165) is 18.8 Å². The van der Waals surface area contributed by atoms with Gasteiger partial charge in [0.1, 0.15) is 6.23 Å². The van der Waals surface area contributed by atoms with Gasteiger partial charge in [0.2, 0.25) is 0 Å². The molecule has 3 atom stereocenters. The first-order chi connectivity index (χ1) is 5.57. The van der Waals surface area contributed by atoms with Gasteiger partial charge in [-0.05, 0) is 24.7 Å². The summed E-state index contributed by atoms with van der Waals surface area (Å²) in [5, 5.41) is 8.89. The molecule has 3 unspecified atom stereocenters. The maximum atomic E-state index is 8.89. The Kier molecular flexibility index (Phi) is 6.39. The van der Waals surface area contributed by atoms with Crippen molar-refractivity contribution in [3.63, 3.8) is 0 Å². The van der Waals surface area contributed by atoms with Crippen LogP contribution in [0.2, 0.25) is 0 Å². The molecule has 0 aromatic heterocycles. The molecule has 0 fully saturated rings. The van der Waals surface area contributed by atoms with Gasteiger partial charge >= 0.3 is 0 Å². The maximum absolute atomic E-state index is 8.89. The van der Waals surface area contributed by atoms with Gasteiger partial charge in [-0.3, -0.25) is 0 Å². The first kappa shape index (κ1) is 11.9. The third-order valence-electron chi connectivity index (χ3n) is 2.63. The second-order valence-electron chi connectivity index (χ2n) is 3.89. The average Bonchev–Trinajstić information content (AvgIpc) is 2.00. The highest BCUT2D eigenvalue weighted by Crippen LogP contribution is 2.21. The van der Waals surface area contributed by atoms with E-state index >= 15 is 0 Å². The molecule has 0 saturated carbocycles. The number of aliphatic hydroxyl groups excluding tert-OH is 1. The molecule has 0 aliphatic carbocycles. The van der Waals surface area contributed by atoms with E-state index in [1.54, 1.807) is 0 Å². The molecule has 0 spiro atoms. The van der Waals surface area contributed by atoms with Crippen molar-refractivity contribution in [3.8, 4) is 0 Å². The first-order valence-corrected chi connectivity index (χ1v) is 5.01. The zero-order valence-electron chi connectivity index (χ0n) is 8.59. The van der Waals surface area contributed by atoms with Crippen LogP contribution in [0.15, 0.2) is 0 Å². The summed E-state index contributed by atoms with van der Waals surface area (Å²) in [5.74, 6) is 1.44. The van der Waals surface area contributed by atoms with Crippen molar-refractivity contribution in [2.24, 2.45) is 17.6 Å². The number of rotatable bonds is 6. The number of hydrogen-bond donors (Lipinski definition) is 2. The summed E-state index contributed by atoms with van der Waals surface area (Å²) in [6.07, 6.45) is 3.67. The summed E-state index contributed by atoms with van der Waals surface area (Å²) >= 11 is 0. The van der Waals surface area contributed by atoms with Gasteiger partial charge in [-0.15, -0.1) is 0 Å². The summed E-state index contributed by atoms with van der Waals surface area (Å²) < 4.78 is 0. The van der Waals surface area contributed by atoms with E-state index in [2.05, 4.69) is 20.8 Å². The zero-order chi connectivity index (χ0) is 9.56. The molecule has 3 N–H and O–H groups in total. The third-order valence-corrected chi connectivity index (χ3v) is 2.63. The van der Waals surface area contributed by atoms with Crippen LogP contribution < -0.4 is 5.73 Å². The molecule has 0 aliphatic heterocycles. The van der Waals surface area contributed by atoms with E-state index in [4.69, 9.17) is 10.8 Å². The van der Waals surface area contributed by atoms with Crippen molar-refractivity contribution >= 4 is 0 Å². The van der Waals surface area contributed by atoms with Gasteiger partial charge in [-0.25, -0.2) is 0 Å². The minimum Gasteiger partial charge on any atom is -0.379 e. The molecule has 2 nitrogen and oxygen atoms in total. The average molecular weight is 173 g/mol. The first-order valence-electron chi connectivity index (χ1n) is 5.01.